The van der Waals surface area contributed by atoms with Crippen LogP contribution in [0.5, 0.6) is 0 Å². The van der Waals surface area contributed by atoms with E-state index in [0.29, 0.717) is 0 Å². The summed E-state index contributed by atoms with van der Waals surface area (Å²) in [5, 5.41) is 0. The Hall–Kier alpha value is 3.48. The molecule has 0 fully saturated rings. The minimum atomic E-state index is 0. The maximum atomic E-state index is 0. The van der Waals surface area contributed by atoms with E-state index in [2.05, 4.69) is 0 Å². The molecule has 0 aliphatic rings. The van der Waals surface area contributed by atoms with Crippen LogP contribution in [0.3, 0.4) is 0 Å². The zero-order valence-corrected chi connectivity index (χ0v) is 9.95. The Labute approximate surface area is 105 Å². The molecule has 0 atom stereocenters. The molecule has 4 radical (unpaired) electrons. The van der Waals surface area contributed by atoms with Crippen molar-refractivity contribution in [2.24, 2.45) is 0 Å². The van der Waals surface area contributed by atoms with Gasteiger partial charge in [0.1, 0.15) is 0 Å². The molecule has 0 aliphatic heterocycles. The summed E-state index contributed by atoms with van der Waals surface area (Å²) in [4.78, 5) is 0. The third kappa shape index (κ3) is 9.08. The van der Waals surface area contributed by atoms with Crippen molar-refractivity contribution in [3.63, 3.8) is 0 Å². The van der Waals surface area contributed by atoms with Crippen molar-refractivity contribution in [3.05, 3.63) is 0 Å². The standard InChI is InChI=1S/Ca.Co.Fe.La. The molecule has 22 valence electrons. The molecule has 0 aromatic carbocycles. The predicted molar refractivity (Wildman–Crippen MR) is 5.75 cm³/mol. The largest absolute Gasteiger partial charge is 0 e. The summed E-state index contributed by atoms with van der Waals surface area (Å²) in [6, 6.07) is 0. The first kappa shape index (κ1) is 25.9. The fraction of sp³-hybridized carbons (Fsp3) is 0. The first-order valence-electron chi connectivity index (χ1n) is 0. The first-order chi connectivity index (χ1) is 0. The molecule has 0 unspecified atom stereocenters. The fourth-order valence-electron chi connectivity index (χ4n) is 0. The van der Waals surface area contributed by atoms with E-state index in [1.807, 2.05) is 0 Å². The molecule has 0 heterocycles. The van der Waals surface area contributed by atoms with Crippen LogP contribution in [-0.4, -0.2) is 37.7 Å². The van der Waals surface area contributed by atoms with Crippen molar-refractivity contribution in [1.29, 1.82) is 0 Å². The van der Waals surface area contributed by atoms with Gasteiger partial charge in [-0.15, -0.1) is 0 Å². The van der Waals surface area contributed by atoms with E-state index in [1.165, 1.54) is 0 Å². The van der Waals surface area contributed by atoms with Gasteiger partial charge in [0, 0.05) is 107 Å². The summed E-state index contributed by atoms with van der Waals surface area (Å²) in [5.41, 5.74) is 0. The molecule has 0 N–H and O–H groups in total. The molecule has 0 aliphatic carbocycles. The third-order valence-electron chi connectivity index (χ3n) is 0. The summed E-state index contributed by atoms with van der Waals surface area (Å²) in [7, 11) is 0. The summed E-state index contributed by atoms with van der Waals surface area (Å²) in [6.45, 7) is 0. The topological polar surface area (TPSA) is 0 Å². The molecule has 0 nitrogen and oxygen atoms in total. The van der Waals surface area contributed by atoms with Gasteiger partial charge in [0.15, 0.2) is 0 Å². The zero-order chi connectivity index (χ0) is 0. The van der Waals surface area contributed by atoms with Crippen molar-refractivity contribution >= 4 is 37.7 Å². The van der Waals surface area contributed by atoms with Gasteiger partial charge in [0.2, 0.25) is 0 Å². The normalized spacial score (nSPS) is 0. The molecule has 4 heteroatoms. The van der Waals surface area contributed by atoms with E-state index in [9.17, 15) is 0 Å². The molecule has 0 saturated heterocycles. The summed E-state index contributed by atoms with van der Waals surface area (Å²) >= 11 is 0. The van der Waals surface area contributed by atoms with Crippen LogP contribution < -0.4 is 0 Å². The maximum absolute atomic E-state index is 0. The van der Waals surface area contributed by atoms with Gasteiger partial charge in [0.05, 0.1) is 0 Å². The van der Waals surface area contributed by atoms with Gasteiger partial charge in [-0.2, -0.15) is 0 Å². The van der Waals surface area contributed by atoms with E-state index in [1.54, 1.807) is 0 Å². The minimum Gasteiger partial charge on any atom is 0 e. The van der Waals surface area contributed by atoms with Crippen molar-refractivity contribution in [2.45, 2.75) is 0 Å². The zero-order valence-electron chi connectivity index (χ0n) is 1.97. The van der Waals surface area contributed by atoms with E-state index in [-0.39, 0.29) is 107 Å². The summed E-state index contributed by atoms with van der Waals surface area (Å²) in [5.74, 6) is 0. The molecule has 0 spiro atoms. The molecule has 0 aromatic rings. The Kier molecular flexibility index (Phi) is 104. The van der Waals surface area contributed by atoms with Gasteiger partial charge in [-0.3, -0.25) is 0 Å². The van der Waals surface area contributed by atoms with Crippen LogP contribution in [-0.2, 0) is 33.8 Å². The van der Waals surface area contributed by atoms with E-state index in [0.717, 1.165) is 0 Å². The first-order valence-corrected chi connectivity index (χ1v) is 0. The van der Waals surface area contributed by atoms with Gasteiger partial charge >= 0.3 is 0 Å². The molecule has 0 aromatic heterocycles. The van der Waals surface area contributed by atoms with Crippen LogP contribution in [0.1, 0.15) is 0 Å². The van der Waals surface area contributed by atoms with Crippen LogP contribution in [0.2, 0.25) is 0 Å². The van der Waals surface area contributed by atoms with E-state index in [4.69, 9.17) is 0 Å². The van der Waals surface area contributed by atoms with Crippen molar-refractivity contribution in [3.8, 4) is 0 Å². The van der Waals surface area contributed by atoms with Crippen molar-refractivity contribution in [1.82, 2.24) is 0 Å². The minimum absolute atomic E-state index is 0. The number of hydrogen-bond acceptors (Lipinski definition) is 0. The Bertz CT molecular complexity index is 8.00. The Morgan fingerprint density at radius 1 is 1.00 bits per heavy atom. The second-order valence-electron chi connectivity index (χ2n) is 0. The number of rotatable bonds is 0. The van der Waals surface area contributed by atoms with Crippen LogP contribution in [0.25, 0.3) is 0 Å². The molecule has 0 saturated carbocycles. The van der Waals surface area contributed by atoms with Gasteiger partial charge < -0.3 is 0 Å². The Morgan fingerprint density at radius 3 is 1.00 bits per heavy atom. The third-order valence-corrected chi connectivity index (χ3v) is 0. The van der Waals surface area contributed by atoms with Gasteiger partial charge in [0.25, 0.3) is 0 Å². The van der Waals surface area contributed by atoms with Crippen LogP contribution in [0, 0.1) is 35.6 Å². The van der Waals surface area contributed by atoms with Crippen molar-refractivity contribution in [2.75, 3.05) is 0 Å². The molecular formula is CaCoFeLa. The molecular weight excluding hydrogens is 294 g/mol. The van der Waals surface area contributed by atoms with Crippen molar-refractivity contribution < 1.29 is 69.4 Å². The van der Waals surface area contributed by atoms with Crippen LogP contribution >= 0.6 is 0 Å². The maximum Gasteiger partial charge on any atom is 0 e. The Morgan fingerprint density at radius 2 is 1.00 bits per heavy atom. The smallest absolute Gasteiger partial charge is 0 e. The average Bonchev–Trinajstić information content (AvgIpc) is 0. The second-order valence-corrected chi connectivity index (χ2v) is 0. The second kappa shape index (κ2) is 16.1. The van der Waals surface area contributed by atoms with Gasteiger partial charge in [-0.05, 0) is 0 Å². The Balaban J connectivity index is 0. The monoisotopic (exact) mass is 294 g/mol. The fourth-order valence-corrected chi connectivity index (χ4v) is 0. The van der Waals surface area contributed by atoms with Gasteiger partial charge in [-0.1, -0.05) is 0 Å². The van der Waals surface area contributed by atoms with Gasteiger partial charge in [-0.25, -0.2) is 0 Å². The van der Waals surface area contributed by atoms with E-state index < -0.39 is 0 Å². The predicted octanol–water partition coefficient (Wildman–Crippen LogP) is -0.386. The molecule has 4 heavy (non-hydrogen) atoms. The molecule has 0 bridgehead atoms. The van der Waals surface area contributed by atoms with Crippen LogP contribution in [0.4, 0.5) is 0 Å². The van der Waals surface area contributed by atoms with Crippen LogP contribution in [0.15, 0.2) is 0 Å². The summed E-state index contributed by atoms with van der Waals surface area (Å²) in [6.07, 6.45) is 0. The van der Waals surface area contributed by atoms with E-state index >= 15 is 0 Å². The SMILES string of the molecule is [Ca].[Co].[Fe].[La]. The summed E-state index contributed by atoms with van der Waals surface area (Å²) < 4.78 is 0. The average molecular weight is 294 g/mol. The quantitative estimate of drug-likeness (QED) is 0.534. The molecule has 0 rings (SSSR count). The molecule has 0 amide bonds. The number of hydrogen-bond donors (Lipinski definition) is 0.